The van der Waals surface area contributed by atoms with Crippen LogP contribution in [0, 0.1) is 5.82 Å². The summed E-state index contributed by atoms with van der Waals surface area (Å²) in [6.45, 7) is 0.890. The molecule has 1 aliphatic heterocycles. The normalized spacial score (nSPS) is 16.1. The van der Waals surface area contributed by atoms with Gasteiger partial charge in [0, 0.05) is 38.3 Å². The molecule has 0 saturated carbocycles. The number of nitrogens with zero attached hydrogens (tertiary/aromatic N) is 2. The molecule has 0 bridgehead atoms. The Morgan fingerprint density at radius 2 is 1.87 bits per heavy atom. The average molecular weight is 417 g/mol. The second-order valence-corrected chi connectivity index (χ2v) is 7.63. The van der Waals surface area contributed by atoms with E-state index in [0.717, 1.165) is 16.7 Å². The molecule has 0 spiro atoms. The molecule has 2 heterocycles. The van der Waals surface area contributed by atoms with Gasteiger partial charge in [0.2, 0.25) is 11.8 Å². The number of amides is 2. The number of halogens is 1. The summed E-state index contributed by atoms with van der Waals surface area (Å²) >= 11 is 0. The van der Waals surface area contributed by atoms with Gasteiger partial charge in [0.05, 0.1) is 0 Å². The van der Waals surface area contributed by atoms with Gasteiger partial charge in [0.1, 0.15) is 11.9 Å². The van der Waals surface area contributed by atoms with Gasteiger partial charge in [-0.25, -0.2) is 4.39 Å². The van der Waals surface area contributed by atoms with Crippen molar-refractivity contribution in [2.75, 3.05) is 13.1 Å². The Morgan fingerprint density at radius 3 is 2.61 bits per heavy atom. The van der Waals surface area contributed by atoms with Gasteiger partial charge in [0.15, 0.2) is 0 Å². The molecule has 4 rings (SSSR count). The van der Waals surface area contributed by atoms with Gasteiger partial charge >= 0.3 is 0 Å². The van der Waals surface area contributed by atoms with Crippen LogP contribution in [0.5, 0.6) is 0 Å². The Bertz CT molecular complexity index is 1050. The minimum atomic E-state index is -0.564. The molecule has 2 aromatic carbocycles. The van der Waals surface area contributed by atoms with Crippen LogP contribution in [0.2, 0.25) is 0 Å². The topological polar surface area (TPSA) is 62.3 Å². The second kappa shape index (κ2) is 9.51. The quantitative estimate of drug-likeness (QED) is 0.669. The summed E-state index contributed by atoms with van der Waals surface area (Å²) in [6, 6.07) is 17.7. The summed E-state index contributed by atoms with van der Waals surface area (Å²) in [6.07, 6.45) is 4.46. The fourth-order valence-corrected chi connectivity index (χ4v) is 3.89. The van der Waals surface area contributed by atoms with Crippen molar-refractivity contribution in [1.82, 2.24) is 15.2 Å². The minimum Gasteiger partial charge on any atom is -0.353 e. The van der Waals surface area contributed by atoms with E-state index < -0.39 is 6.04 Å². The van der Waals surface area contributed by atoms with Crippen molar-refractivity contribution in [1.29, 1.82) is 0 Å². The summed E-state index contributed by atoms with van der Waals surface area (Å²) in [7, 11) is 0. The Hall–Kier alpha value is -3.54. The highest BCUT2D eigenvalue weighted by Crippen LogP contribution is 2.21. The first kappa shape index (κ1) is 20.7. The molecule has 1 unspecified atom stereocenters. The highest BCUT2D eigenvalue weighted by atomic mass is 19.1. The van der Waals surface area contributed by atoms with Crippen molar-refractivity contribution in [3.8, 4) is 11.1 Å². The molecule has 1 aliphatic rings. The van der Waals surface area contributed by atoms with E-state index in [9.17, 15) is 14.0 Å². The summed E-state index contributed by atoms with van der Waals surface area (Å²) < 4.78 is 13.9. The molecule has 5 nitrogen and oxygen atoms in total. The van der Waals surface area contributed by atoms with E-state index in [-0.39, 0.29) is 24.1 Å². The molecule has 0 radical (unpaired) electrons. The number of aryl methyl sites for hydroxylation is 1. The van der Waals surface area contributed by atoms with E-state index in [2.05, 4.69) is 10.3 Å². The number of piperazine rings is 1. The highest BCUT2D eigenvalue weighted by Gasteiger charge is 2.32. The van der Waals surface area contributed by atoms with Crippen LogP contribution in [0.15, 0.2) is 73.1 Å². The number of hydrogen-bond donors (Lipinski definition) is 1. The number of aromatic nitrogens is 1. The van der Waals surface area contributed by atoms with E-state index in [0.29, 0.717) is 31.5 Å². The smallest absolute Gasteiger partial charge is 0.243 e. The van der Waals surface area contributed by atoms with Gasteiger partial charge in [-0.2, -0.15) is 0 Å². The first-order valence-electron chi connectivity index (χ1n) is 10.4. The van der Waals surface area contributed by atoms with E-state index in [1.165, 1.54) is 6.07 Å². The maximum Gasteiger partial charge on any atom is 0.243 e. The molecule has 0 aliphatic carbocycles. The molecule has 1 saturated heterocycles. The zero-order valence-electron chi connectivity index (χ0n) is 17.1. The summed E-state index contributed by atoms with van der Waals surface area (Å²) in [5, 5.41) is 2.86. The van der Waals surface area contributed by atoms with Crippen molar-refractivity contribution in [2.24, 2.45) is 0 Å². The molecule has 6 heteroatoms. The van der Waals surface area contributed by atoms with Crippen LogP contribution >= 0.6 is 0 Å². The van der Waals surface area contributed by atoms with Crippen LogP contribution in [-0.2, 0) is 22.4 Å². The molecule has 1 N–H and O–H groups in total. The molecular formula is C25H24FN3O2. The van der Waals surface area contributed by atoms with Gasteiger partial charge in [-0.15, -0.1) is 0 Å². The third-order valence-electron chi connectivity index (χ3n) is 5.60. The van der Waals surface area contributed by atoms with E-state index in [1.54, 1.807) is 35.5 Å². The second-order valence-electron chi connectivity index (χ2n) is 7.63. The molecule has 1 atom stereocenters. The Morgan fingerprint density at radius 1 is 1.06 bits per heavy atom. The number of pyridine rings is 1. The van der Waals surface area contributed by atoms with Crippen LogP contribution in [0.4, 0.5) is 4.39 Å². The number of nitrogens with one attached hydrogen (secondary N) is 1. The Balaban J connectivity index is 1.44. The van der Waals surface area contributed by atoms with Crippen molar-refractivity contribution >= 4 is 11.8 Å². The van der Waals surface area contributed by atoms with Crippen LogP contribution in [-0.4, -0.2) is 40.8 Å². The van der Waals surface area contributed by atoms with Crippen LogP contribution in [0.1, 0.15) is 17.5 Å². The summed E-state index contributed by atoms with van der Waals surface area (Å²) in [5.41, 5.74) is 3.55. The number of benzene rings is 2. The van der Waals surface area contributed by atoms with Crippen LogP contribution in [0.25, 0.3) is 11.1 Å². The van der Waals surface area contributed by atoms with Gasteiger partial charge in [0.25, 0.3) is 0 Å². The maximum absolute atomic E-state index is 13.9. The van der Waals surface area contributed by atoms with Gasteiger partial charge in [-0.1, -0.05) is 48.5 Å². The number of carbonyl (C=O) groups is 2. The third kappa shape index (κ3) is 4.97. The van der Waals surface area contributed by atoms with Gasteiger partial charge in [-0.05, 0) is 40.8 Å². The predicted molar refractivity (Wildman–Crippen MR) is 117 cm³/mol. The van der Waals surface area contributed by atoms with Crippen molar-refractivity contribution in [3.63, 3.8) is 0 Å². The summed E-state index contributed by atoms with van der Waals surface area (Å²) in [4.78, 5) is 31.2. The maximum atomic E-state index is 13.9. The minimum absolute atomic E-state index is 0.130. The SMILES string of the molecule is O=C1NCCN(C(=O)CCc2ccccc2F)C1Cc1ccc(-c2cccnc2)cc1. The number of rotatable bonds is 6. The fourth-order valence-electron chi connectivity index (χ4n) is 3.89. The van der Waals surface area contributed by atoms with Crippen LogP contribution < -0.4 is 5.32 Å². The monoisotopic (exact) mass is 417 g/mol. The van der Waals surface area contributed by atoms with Crippen LogP contribution in [0.3, 0.4) is 0 Å². The van der Waals surface area contributed by atoms with Crippen molar-refractivity contribution in [2.45, 2.75) is 25.3 Å². The molecule has 31 heavy (non-hydrogen) atoms. The molecule has 158 valence electrons. The van der Waals surface area contributed by atoms with Crippen molar-refractivity contribution < 1.29 is 14.0 Å². The Labute approximate surface area is 180 Å². The molecule has 2 amide bonds. The predicted octanol–water partition coefficient (Wildman–Crippen LogP) is 3.39. The first-order chi connectivity index (χ1) is 15.1. The zero-order valence-corrected chi connectivity index (χ0v) is 17.1. The molecule has 3 aromatic rings. The third-order valence-corrected chi connectivity index (χ3v) is 5.60. The lowest BCUT2D eigenvalue weighted by Gasteiger charge is -2.35. The largest absolute Gasteiger partial charge is 0.353 e. The van der Waals surface area contributed by atoms with Gasteiger partial charge < -0.3 is 10.2 Å². The average Bonchev–Trinajstić information content (AvgIpc) is 2.81. The first-order valence-corrected chi connectivity index (χ1v) is 10.4. The van der Waals surface area contributed by atoms with Gasteiger partial charge in [-0.3, -0.25) is 14.6 Å². The lowest BCUT2D eigenvalue weighted by atomic mass is 9.98. The zero-order chi connectivity index (χ0) is 21.6. The lowest BCUT2D eigenvalue weighted by Crippen LogP contribution is -2.58. The standard InChI is InChI=1S/C25H24FN3O2/c26-22-6-2-1-4-20(22)11-12-24(30)29-15-14-28-25(31)23(29)16-18-7-9-19(10-8-18)21-5-3-13-27-17-21/h1-10,13,17,23H,11-12,14-16H2,(H,28,31). The molecule has 1 fully saturated rings. The van der Waals surface area contributed by atoms with Crippen molar-refractivity contribution in [3.05, 3.63) is 90.0 Å². The van der Waals surface area contributed by atoms with E-state index in [1.807, 2.05) is 36.4 Å². The molecule has 1 aromatic heterocycles. The number of hydrogen-bond acceptors (Lipinski definition) is 3. The highest BCUT2D eigenvalue weighted by molar-refractivity contribution is 5.89. The molecular weight excluding hydrogens is 393 g/mol. The Kier molecular flexibility index (Phi) is 6.36. The van der Waals surface area contributed by atoms with E-state index >= 15 is 0 Å². The lowest BCUT2D eigenvalue weighted by molar-refractivity contribution is -0.143. The van der Waals surface area contributed by atoms with E-state index in [4.69, 9.17) is 0 Å². The summed E-state index contributed by atoms with van der Waals surface area (Å²) in [5.74, 6) is -0.589. The number of carbonyl (C=O) groups excluding carboxylic acids is 2. The fraction of sp³-hybridized carbons (Fsp3) is 0.240.